The van der Waals surface area contributed by atoms with Crippen LogP contribution in [0.5, 0.6) is 0 Å². The van der Waals surface area contributed by atoms with E-state index in [4.69, 9.17) is 4.52 Å². The standard InChI is InChI=1S/C26H23N5O2/c1-3-7-23-24(26(32)27-19-12-10-17(2)11-13-19)28-30-31(23)20-14-15-22-21(16-20)25(33-29-22)18-8-5-4-6-9-18/h4-6,8-16H,3,7H2,1-2H3,(H,27,32). The summed E-state index contributed by atoms with van der Waals surface area (Å²) in [5, 5.41) is 16.6. The Balaban J connectivity index is 1.53. The molecule has 0 aliphatic rings. The number of aryl methyl sites for hydroxylation is 1. The van der Waals surface area contributed by atoms with Crippen LogP contribution in [0.4, 0.5) is 5.69 Å². The summed E-state index contributed by atoms with van der Waals surface area (Å²) in [5.41, 5.74) is 5.44. The molecule has 0 spiro atoms. The quantitative estimate of drug-likeness (QED) is 0.374. The van der Waals surface area contributed by atoms with Crippen molar-refractivity contribution in [3.8, 4) is 17.0 Å². The van der Waals surface area contributed by atoms with E-state index in [1.165, 1.54) is 0 Å². The number of hydrogen-bond donors (Lipinski definition) is 1. The molecule has 0 aliphatic carbocycles. The first-order chi connectivity index (χ1) is 16.1. The number of anilines is 1. The van der Waals surface area contributed by atoms with Crippen molar-refractivity contribution in [2.24, 2.45) is 0 Å². The molecule has 1 amide bonds. The van der Waals surface area contributed by atoms with Crippen LogP contribution in [0.2, 0.25) is 0 Å². The van der Waals surface area contributed by atoms with E-state index in [1.807, 2.05) is 79.7 Å². The molecule has 5 rings (SSSR count). The van der Waals surface area contributed by atoms with E-state index in [9.17, 15) is 4.79 Å². The van der Waals surface area contributed by atoms with Gasteiger partial charge in [0.05, 0.1) is 16.8 Å². The Bertz CT molecular complexity index is 1420. The van der Waals surface area contributed by atoms with Crippen molar-refractivity contribution in [1.29, 1.82) is 0 Å². The van der Waals surface area contributed by atoms with Gasteiger partial charge >= 0.3 is 0 Å². The van der Waals surface area contributed by atoms with Gasteiger partial charge in [0, 0.05) is 11.3 Å². The minimum Gasteiger partial charge on any atom is -0.355 e. The number of carbonyl (C=O) groups is 1. The lowest BCUT2D eigenvalue weighted by molar-refractivity contribution is 0.102. The SMILES string of the molecule is CCCc1c(C(=O)Nc2ccc(C)cc2)nnn1-c1ccc2noc(-c3ccccc3)c2c1. The molecule has 0 atom stereocenters. The maximum absolute atomic E-state index is 13.0. The molecule has 164 valence electrons. The van der Waals surface area contributed by atoms with Gasteiger partial charge in [-0.25, -0.2) is 4.68 Å². The topological polar surface area (TPSA) is 85.8 Å². The summed E-state index contributed by atoms with van der Waals surface area (Å²) >= 11 is 0. The highest BCUT2D eigenvalue weighted by Gasteiger charge is 2.21. The number of benzene rings is 3. The van der Waals surface area contributed by atoms with Crippen LogP contribution in [0.1, 0.15) is 35.1 Å². The molecule has 2 heterocycles. The highest BCUT2D eigenvalue weighted by atomic mass is 16.5. The second-order valence-corrected chi connectivity index (χ2v) is 7.95. The van der Waals surface area contributed by atoms with Crippen LogP contribution in [-0.2, 0) is 6.42 Å². The lowest BCUT2D eigenvalue weighted by Gasteiger charge is -2.08. The smallest absolute Gasteiger partial charge is 0.278 e. The molecule has 3 aromatic carbocycles. The van der Waals surface area contributed by atoms with Crippen molar-refractivity contribution in [3.63, 3.8) is 0 Å². The third kappa shape index (κ3) is 4.01. The molecule has 0 bridgehead atoms. The minimum atomic E-state index is -0.274. The van der Waals surface area contributed by atoms with Crippen molar-refractivity contribution in [3.05, 3.63) is 89.7 Å². The lowest BCUT2D eigenvalue weighted by atomic mass is 10.1. The van der Waals surface area contributed by atoms with E-state index in [-0.39, 0.29) is 5.91 Å². The fourth-order valence-corrected chi connectivity index (χ4v) is 3.83. The molecule has 0 saturated heterocycles. The van der Waals surface area contributed by atoms with E-state index < -0.39 is 0 Å². The van der Waals surface area contributed by atoms with Crippen molar-refractivity contribution in [1.82, 2.24) is 20.2 Å². The van der Waals surface area contributed by atoms with Gasteiger partial charge in [0.2, 0.25) is 0 Å². The molecule has 0 fully saturated rings. The third-order valence-electron chi connectivity index (χ3n) is 5.52. The zero-order chi connectivity index (χ0) is 22.8. The molecule has 0 aliphatic heterocycles. The maximum Gasteiger partial charge on any atom is 0.278 e. The number of rotatable bonds is 6. The predicted molar refractivity (Wildman–Crippen MR) is 127 cm³/mol. The van der Waals surface area contributed by atoms with Crippen LogP contribution in [0.25, 0.3) is 27.9 Å². The largest absolute Gasteiger partial charge is 0.355 e. The van der Waals surface area contributed by atoms with Gasteiger partial charge in [-0.05, 0) is 43.7 Å². The summed E-state index contributed by atoms with van der Waals surface area (Å²) in [7, 11) is 0. The molecular formula is C26H23N5O2. The second kappa shape index (κ2) is 8.70. The molecule has 33 heavy (non-hydrogen) atoms. The van der Waals surface area contributed by atoms with E-state index >= 15 is 0 Å². The number of amides is 1. The van der Waals surface area contributed by atoms with Crippen LogP contribution < -0.4 is 5.32 Å². The minimum absolute atomic E-state index is 0.274. The molecular weight excluding hydrogens is 414 g/mol. The Kier molecular flexibility index (Phi) is 5.44. The zero-order valence-corrected chi connectivity index (χ0v) is 18.4. The first-order valence-electron chi connectivity index (χ1n) is 10.9. The summed E-state index contributed by atoms with van der Waals surface area (Å²) in [6, 6.07) is 23.3. The van der Waals surface area contributed by atoms with Crippen LogP contribution >= 0.6 is 0 Å². The Hall–Kier alpha value is -4.26. The second-order valence-electron chi connectivity index (χ2n) is 7.95. The number of fused-ring (bicyclic) bond motifs is 1. The highest BCUT2D eigenvalue weighted by Crippen LogP contribution is 2.30. The summed E-state index contributed by atoms with van der Waals surface area (Å²) in [4.78, 5) is 13.0. The van der Waals surface area contributed by atoms with Gasteiger partial charge in [-0.2, -0.15) is 0 Å². The Morgan fingerprint density at radius 2 is 1.82 bits per heavy atom. The lowest BCUT2D eigenvalue weighted by Crippen LogP contribution is -2.15. The fraction of sp³-hybridized carbons (Fsp3) is 0.154. The fourth-order valence-electron chi connectivity index (χ4n) is 3.83. The highest BCUT2D eigenvalue weighted by molar-refractivity contribution is 6.03. The summed E-state index contributed by atoms with van der Waals surface area (Å²) < 4.78 is 7.36. The van der Waals surface area contributed by atoms with Gasteiger partial charge in [0.15, 0.2) is 11.5 Å². The molecule has 0 radical (unpaired) electrons. The molecule has 5 aromatic rings. The van der Waals surface area contributed by atoms with Gasteiger partial charge in [-0.15, -0.1) is 5.10 Å². The van der Waals surface area contributed by atoms with Gasteiger partial charge in [-0.3, -0.25) is 4.79 Å². The van der Waals surface area contributed by atoms with Crippen molar-refractivity contribution in [2.45, 2.75) is 26.7 Å². The predicted octanol–water partition coefficient (Wildman–Crippen LogP) is 5.59. The van der Waals surface area contributed by atoms with Crippen LogP contribution in [0, 0.1) is 6.92 Å². The summed E-state index contributed by atoms with van der Waals surface area (Å²) in [6.07, 6.45) is 1.51. The van der Waals surface area contributed by atoms with Gasteiger partial charge in [-0.1, -0.05) is 71.7 Å². The Labute approximate surface area is 191 Å². The van der Waals surface area contributed by atoms with Gasteiger partial charge in [0.25, 0.3) is 5.91 Å². The Morgan fingerprint density at radius 1 is 1.03 bits per heavy atom. The normalized spacial score (nSPS) is 11.1. The van der Waals surface area contributed by atoms with Crippen molar-refractivity contribution in [2.75, 3.05) is 5.32 Å². The average molecular weight is 438 g/mol. The molecule has 0 saturated carbocycles. The third-order valence-corrected chi connectivity index (χ3v) is 5.52. The van der Waals surface area contributed by atoms with E-state index in [0.717, 1.165) is 45.5 Å². The zero-order valence-electron chi connectivity index (χ0n) is 18.4. The number of nitrogens with zero attached hydrogens (tertiary/aromatic N) is 4. The molecule has 0 unspecified atom stereocenters. The number of nitrogens with one attached hydrogen (secondary N) is 1. The molecule has 7 heteroatoms. The van der Waals surface area contributed by atoms with Crippen LogP contribution in [0.3, 0.4) is 0 Å². The van der Waals surface area contributed by atoms with Gasteiger partial charge < -0.3 is 9.84 Å². The van der Waals surface area contributed by atoms with Crippen molar-refractivity contribution < 1.29 is 9.32 Å². The molecule has 7 nitrogen and oxygen atoms in total. The number of hydrogen-bond acceptors (Lipinski definition) is 5. The first kappa shape index (κ1) is 20.6. The number of aromatic nitrogens is 4. The summed E-state index contributed by atoms with van der Waals surface area (Å²) in [6.45, 7) is 4.07. The Morgan fingerprint density at radius 3 is 2.58 bits per heavy atom. The molecule has 1 N–H and O–H groups in total. The van der Waals surface area contributed by atoms with Gasteiger partial charge in [0.1, 0.15) is 5.52 Å². The first-order valence-corrected chi connectivity index (χ1v) is 10.9. The monoisotopic (exact) mass is 437 g/mol. The van der Waals surface area contributed by atoms with E-state index in [0.29, 0.717) is 17.9 Å². The van der Waals surface area contributed by atoms with E-state index in [1.54, 1.807) is 4.68 Å². The van der Waals surface area contributed by atoms with Crippen molar-refractivity contribution >= 4 is 22.5 Å². The molecule has 2 aromatic heterocycles. The number of carbonyl (C=O) groups excluding carboxylic acids is 1. The van der Waals surface area contributed by atoms with Crippen LogP contribution in [-0.4, -0.2) is 26.1 Å². The average Bonchev–Trinajstić information content (AvgIpc) is 3.45. The van der Waals surface area contributed by atoms with E-state index in [2.05, 4.69) is 27.7 Å². The summed E-state index contributed by atoms with van der Waals surface area (Å²) in [5.74, 6) is 0.423. The maximum atomic E-state index is 13.0. The van der Waals surface area contributed by atoms with Crippen LogP contribution in [0.15, 0.2) is 77.3 Å².